The molecule has 2 aromatic carbocycles. The van der Waals surface area contributed by atoms with Crippen molar-refractivity contribution in [1.29, 1.82) is 5.26 Å². The van der Waals surface area contributed by atoms with Gasteiger partial charge in [-0.1, -0.05) is 12.1 Å². The van der Waals surface area contributed by atoms with Crippen LogP contribution in [0.1, 0.15) is 11.1 Å². The second kappa shape index (κ2) is 6.62. The SMILES string of the molecule is COc1ccc(OC)c(NCc2cccc(C#N)c2F)c1. The van der Waals surface area contributed by atoms with Gasteiger partial charge in [0.05, 0.1) is 25.5 Å². The zero-order valence-corrected chi connectivity index (χ0v) is 11.8. The summed E-state index contributed by atoms with van der Waals surface area (Å²) in [6.07, 6.45) is 0. The van der Waals surface area contributed by atoms with Gasteiger partial charge in [-0.2, -0.15) is 5.26 Å². The highest BCUT2D eigenvalue weighted by Crippen LogP contribution is 2.29. The fourth-order valence-corrected chi connectivity index (χ4v) is 1.95. The van der Waals surface area contributed by atoms with Gasteiger partial charge in [0.1, 0.15) is 23.4 Å². The monoisotopic (exact) mass is 286 g/mol. The van der Waals surface area contributed by atoms with Crippen molar-refractivity contribution in [2.45, 2.75) is 6.54 Å². The van der Waals surface area contributed by atoms with Crippen LogP contribution in [-0.2, 0) is 6.54 Å². The number of nitrogens with zero attached hydrogens (tertiary/aromatic N) is 1. The first kappa shape index (κ1) is 14.7. The molecule has 108 valence electrons. The smallest absolute Gasteiger partial charge is 0.145 e. The Labute approximate surface area is 122 Å². The number of nitrogens with one attached hydrogen (secondary N) is 1. The maximum atomic E-state index is 14.0. The van der Waals surface area contributed by atoms with Crippen molar-refractivity contribution in [3.63, 3.8) is 0 Å². The molecule has 21 heavy (non-hydrogen) atoms. The molecule has 0 spiro atoms. The first-order valence-electron chi connectivity index (χ1n) is 6.33. The maximum Gasteiger partial charge on any atom is 0.145 e. The Morgan fingerprint density at radius 2 is 2.00 bits per heavy atom. The molecule has 2 aromatic rings. The molecule has 0 radical (unpaired) electrons. The molecular weight excluding hydrogens is 271 g/mol. The Morgan fingerprint density at radius 3 is 2.67 bits per heavy atom. The van der Waals surface area contributed by atoms with Crippen molar-refractivity contribution in [1.82, 2.24) is 0 Å². The quantitative estimate of drug-likeness (QED) is 0.916. The van der Waals surface area contributed by atoms with E-state index in [-0.39, 0.29) is 12.1 Å². The normalized spacial score (nSPS) is 9.81. The fraction of sp³-hybridized carbons (Fsp3) is 0.188. The highest BCUT2D eigenvalue weighted by molar-refractivity contribution is 5.60. The van der Waals surface area contributed by atoms with Gasteiger partial charge in [0, 0.05) is 18.2 Å². The van der Waals surface area contributed by atoms with Crippen LogP contribution in [0.25, 0.3) is 0 Å². The van der Waals surface area contributed by atoms with E-state index in [1.165, 1.54) is 6.07 Å². The molecule has 2 rings (SSSR count). The van der Waals surface area contributed by atoms with Crippen LogP contribution in [0.2, 0.25) is 0 Å². The first-order chi connectivity index (χ1) is 10.2. The fourth-order valence-electron chi connectivity index (χ4n) is 1.95. The van der Waals surface area contributed by atoms with Crippen LogP contribution in [0, 0.1) is 17.1 Å². The van der Waals surface area contributed by atoms with E-state index in [0.717, 1.165) is 0 Å². The molecule has 1 N–H and O–H groups in total. The van der Waals surface area contributed by atoms with E-state index in [1.54, 1.807) is 44.6 Å². The molecule has 4 nitrogen and oxygen atoms in total. The van der Waals surface area contributed by atoms with Crippen LogP contribution in [0.5, 0.6) is 11.5 Å². The lowest BCUT2D eigenvalue weighted by molar-refractivity contribution is 0.404. The molecular formula is C16H15FN2O2. The Balaban J connectivity index is 2.22. The zero-order valence-electron chi connectivity index (χ0n) is 11.8. The summed E-state index contributed by atoms with van der Waals surface area (Å²) in [5.74, 6) is 0.798. The molecule has 0 heterocycles. The number of hydrogen-bond acceptors (Lipinski definition) is 4. The number of halogens is 1. The van der Waals surface area contributed by atoms with Crippen LogP contribution in [-0.4, -0.2) is 14.2 Å². The highest BCUT2D eigenvalue weighted by Gasteiger charge is 2.09. The summed E-state index contributed by atoms with van der Waals surface area (Å²) >= 11 is 0. The van der Waals surface area contributed by atoms with Gasteiger partial charge in [0.25, 0.3) is 0 Å². The predicted octanol–water partition coefficient (Wildman–Crippen LogP) is 3.33. The molecule has 0 aliphatic heterocycles. The summed E-state index contributed by atoms with van der Waals surface area (Å²) in [5, 5.41) is 11.9. The lowest BCUT2D eigenvalue weighted by atomic mass is 10.1. The lowest BCUT2D eigenvalue weighted by Crippen LogP contribution is -2.04. The summed E-state index contributed by atoms with van der Waals surface area (Å²) in [6.45, 7) is 0.241. The third-order valence-electron chi connectivity index (χ3n) is 3.08. The van der Waals surface area contributed by atoms with Crippen molar-refractivity contribution in [2.75, 3.05) is 19.5 Å². The minimum Gasteiger partial charge on any atom is -0.497 e. The van der Waals surface area contributed by atoms with Gasteiger partial charge in [0.2, 0.25) is 0 Å². The molecule has 0 amide bonds. The van der Waals surface area contributed by atoms with Crippen molar-refractivity contribution < 1.29 is 13.9 Å². The van der Waals surface area contributed by atoms with Crippen LogP contribution in [0.4, 0.5) is 10.1 Å². The van der Waals surface area contributed by atoms with Gasteiger partial charge < -0.3 is 14.8 Å². The Hall–Kier alpha value is -2.74. The summed E-state index contributed by atoms with van der Waals surface area (Å²) in [6, 6.07) is 11.9. The summed E-state index contributed by atoms with van der Waals surface area (Å²) in [7, 11) is 3.13. The van der Waals surface area contributed by atoms with Crippen LogP contribution in [0.3, 0.4) is 0 Å². The average molecular weight is 286 g/mol. The minimum absolute atomic E-state index is 0.0342. The third kappa shape index (κ3) is 3.23. The van der Waals surface area contributed by atoms with E-state index >= 15 is 0 Å². The lowest BCUT2D eigenvalue weighted by Gasteiger charge is -2.13. The van der Waals surface area contributed by atoms with Gasteiger partial charge in [0.15, 0.2) is 0 Å². The van der Waals surface area contributed by atoms with Gasteiger partial charge in [-0.05, 0) is 18.2 Å². The van der Waals surface area contributed by atoms with E-state index in [4.69, 9.17) is 14.7 Å². The van der Waals surface area contributed by atoms with Crippen molar-refractivity contribution in [3.05, 3.63) is 53.3 Å². The molecule has 0 aromatic heterocycles. The largest absolute Gasteiger partial charge is 0.497 e. The summed E-state index contributed by atoms with van der Waals surface area (Å²) < 4.78 is 24.4. The number of rotatable bonds is 5. The Bertz CT molecular complexity index is 680. The van der Waals surface area contributed by atoms with E-state index < -0.39 is 5.82 Å². The average Bonchev–Trinajstić information content (AvgIpc) is 2.53. The zero-order chi connectivity index (χ0) is 15.2. The second-order valence-corrected chi connectivity index (χ2v) is 4.31. The number of ether oxygens (including phenoxy) is 2. The maximum absolute atomic E-state index is 14.0. The van der Waals surface area contributed by atoms with Crippen molar-refractivity contribution in [3.8, 4) is 17.6 Å². The van der Waals surface area contributed by atoms with E-state index in [1.807, 2.05) is 6.07 Å². The van der Waals surface area contributed by atoms with Crippen LogP contribution in [0.15, 0.2) is 36.4 Å². The molecule has 5 heteroatoms. The van der Waals surface area contributed by atoms with Crippen LogP contribution >= 0.6 is 0 Å². The molecule has 0 saturated heterocycles. The number of hydrogen-bond donors (Lipinski definition) is 1. The summed E-state index contributed by atoms with van der Waals surface area (Å²) in [4.78, 5) is 0. The van der Waals surface area contributed by atoms with E-state index in [9.17, 15) is 4.39 Å². The van der Waals surface area contributed by atoms with E-state index in [2.05, 4.69) is 5.32 Å². The highest BCUT2D eigenvalue weighted by atomic mass is 19.1. The van der Waals surface area contributed by atoms with Gasteiger partial charge in [-0.3, -0.25) is 0 Å². The number of benzene rings is 2. The summed E-state index contributed by atoms with van der Waals surface area (Å²) in [5.41, 5.74) is 1.14. The topological polar surface area (TPSA) is 54.3 Å². The Morgan fingerprint density at radius 1 is 1.19 bits per heavy atom. The number of methoxy groups -OCH3 is 2. The molecule has 0 bridgehead atoms. The minimum atomic E-state index is -0.505. The molecule has 0 saturated carbocycles. The molecule has 0 aliphatic carbocycles. The second-order valence-electron chi connectivity index (χ2n) is 4.31. The third-order valence-corrected chi connectivity index (χ3v) is 3.08. The predicted molar refractivity (Wildman–Crippen MR) is 78.0 cm³/mol. The van der Waals surface area contributed by atoms with Crippen molar-refractivity contribution >= 4 is 5.69 Å². The molecule has 0 fully saturated rings. The molecule has 0 aliphatic rings. The standard InChI is InChI=1S/C16H15FN2O2/c1-20-13-6-7-15(21-2)14(8-13)19-10-12-5-3-4-11(9-18)16(12)17/h3-8,19H,10H2,1-2H3. The van der Waals surface area contributed by atoms with Gasteiger partial charge >= 0.3 is 0 Å². The van der Waals surface area contributed by atoms with Gasteiger partial charge in [-0.25, -0.2) is 4.39 Å². The molecule has 0 atom stereocenters. The number of nitriles is 1. The molecule has 0 unspecified atom stereocenters. The first-order valence-corrected chi connectivity index (χ1v) is 6.33. The number of anilines is 1. The van der Waals surface area contributed by atoms with E-state index in [0.29, 0.717) is 22.7 Å². The van der Waals surface area contributed by atoms with Crippen molar-refractivity contribution in [2.24, 2.45) is 0 Å². The van der Waals surface area contributed by atoms with Crippen LogP contribution < -0.4 is 14.8 Å². The van der Waals surface area contributed by atoms with Gasteiger partial charge in [-0.15, -0.1) is 0 Å². The Kier molecular flexibility index (Phi) is 4.62.